The first kappa shape index (κ1) is 209. The topological polar surface area (TPSA) is 575 Å². The number of rotatable bonds is 3. The zero-order valence-corrected chi connectivity index (χ0v) is 33.0. The van der Waals surface area contributed by atoms with E-state index in [1.54, 1.807) is 19.4 Å². The van der Waals surface area contributed by atoms with Crippen LogP contribution in [-0.2, 0) is 125 Å². The van der Waals surface area contributed by atoms with E-state index >= 15 is 0 Å². The molecular formula is C12H54Mo6N2O18+. The van der Waals surface area contributed by atoms with Crippen molar-refractivity contribution >= 4 is 11.4 Å². The molecule has 0 atom stereocenters. The molecule has 1 aromatic carbocycles. The van der Waals surface area contributed by atoms with Crippen LogP contribution in [0.1, 0.15) is 25.0 Å². The first-order chi connectivity index (χ1) is 7.13. The second kappa shape index (κ2) is 116. The average molecular weight is 1090 g/mol. The van der Waals surface area contributed by atoms with E-state index in [1.165, 1.54) is 16.8 Å². The van der Waals surface area contributed by atoms with Crippen molar-refractivity contribution in [3.63, 3.8) is 0 Å². The predicted molar refractivity (Wildman–Crippen MR) is 128 cm³/mol. The Morgan fingerprint density at radius 3 is 0.816 bits per heavy atom. The Labute approximate surface area is 304 Å². The molecule has 255 valence electrons. The average Bonchev–Trinajstić information content (AvgIpc) is 2.19. The van der Waals surface area contributed by atoms with Gasteiger partial charge in [-0.1, -0.05) is 0 Å². The monoisotopic (exact) mass is 1100 g/mol. The largest absolute Gasteiger partial charge is 0.412 e. The molecule has 0 spiro atoms. The van der Waals surface area contributed by atoms with Crippen molar-refractivity contribution in [1.82, 2.24) is 0 Å². The molecule has 0 saturated heterocycles. The van der Waals surface area contributed by atoms with Gasteiger partial charge in [0.05, 0.1) is 0 Å². The van der Waals surface area contributed by atoms with Crippen molar-refractivity contribution in [2.75, 3.05) is 18.0 Å². The summed E-state index contributed by atoms with van der Waals surface area (Å²) in [7, 11) is 0. The van der Waals surface area contributed by atoms with E-state index in [-0.39, 0.29) is 204 Å². The van der Waals surface area contributed by atoms with E-state index in [0.717, 1.165) is 18.8 Å². The third-order valence-electron chi connectivity index (χ3n) is 2.70. The van der Waals surface area contributed by atoms with Crippen molar-refractivity contribution in [3.05, 3.63) is 26.6 Å². The van der Waals surface area contributed by atoms with Crippen LogP contribution in [0.15, 0.2) is 12.1 Å². The van der Waals surface area contributed by atoms with Crippen LogP contribution in [0.3, 0.4) is 0 Å². The summed E-state index contributed by atoms with van der Waals surface area (Å²) in [5, 5.41) is 0. The summed E-state index contributed by atoms with van der Waals surface area (Å²) >= 11 is 1.78. The molecular weight excluding hydrogens is 1040 g/mol. The van der Waals surface area contributed by atoms with Gasteiger partial charge in [-0.3, -0.25) is 0 Å². The van der Waals surface area contributed by atoms with Gasteiger partial charge in [0, 0.05) is 105 Å². The molecule has 20 nitrogen and oxygen atoms in total. The molecule has 0 unspecified atom stereocenters. The molecule has 0 fully saturated rings. The standard InChI is InChI=1S/C12H18N2.6Mo.18H2O/c1-5-14(6-2)11-7-9(3)12(13)10(4)8-11;;;;;;;;;;;;;;;;;;;;;;;;/h7-8H,5-6H2,1-4H3;;;;;;;18*1H2/q+1;;;;;;;;;;;;;;;;;;;;;;;;. The molecule has 0 radical (unpaired) electrons. The summed E-state index contributed by atoms with van der Waals surface area (Å²) in [6, 6.07) is 4.45. The first-order valence-corrected chi connectivity index (χ1v) is 6.23. The van der Waals surface area contributed by atoms with Crippen LogP contribution in [-0.4, -0.2) is 112 Å². The maximum absolute atomic E-state index is 4.31. The van der Waals surface area contributed by atoms with Crippen LogP contribution in [0, 0.1) is 13.8 Å². The second-order valence-electron chi connectivity index (χ2n) is 3.69. The van der Waals surface area contributed by atoms with Crippen LogP contribution in [0.5, 0.6) is 0 Å². The number of nitrogens with zero attached hydrogens (tertiary/aromatic N) is 2. The van der Waals surface area contributed by atoms with Crippen molar-refractivity contribution in [3.8, 4) is 0 Å². The number of hydrogen-bond donors (Lipinski definition) is 0. The van der Waals surface area contributed by atoms with Gasteiger partial charge in [0.1, 0.15) is 0 Å². The van der Waals surface area contributed by atoms with Crippen LogP contribution < -0.4 is 4.90 Å². The minimum atomic E-state index is 0. The zero-order valence-electron chi connectivity index (χ0n) is 20.9. The van der Waals surface area contributed by atoms with Gasteiger partial charge in [0.2, 0.25) is 0 Å². The fourth-order valence-electron chi connectivity index (χ4n) is 1.85. The summed E-state index contributed by atoms with van der Waals surface area (Å²) in [6.07, 6.45) is 0. The van der Waals surface area contributed by atoms with Crippen molar-refractivity contribution in [2.45, 2.75) is 27.7 Å². The van der Waals surface area contributed by atoms with E-state index < -0.39 is 0 Å². The molecule has 1 rings (SSSR count). The Kier molecular flexibility index (Phi) is 640. The Morgan fingerprint density at radius 2 is 0.684 bits per heavy atom. The molecule has 38 heavy (non-hydrogen) atoms. The van der Waals surface area contributed by atoms with Crippen LogP contribution in [0.4, 0.5) is 11.4 Å². The molecule has 0 aromatic heterocycles. The molecule has 1 aromatic rings. The Morgan fingerprint density at radius 1 is 0.500 bits per heavy atom. The van der Waals surface area contributed by atoms with Gasteiger partial charge in [0.15, 0.2) is 0 Å². The summed E-state index contributed by atoms with van der Waals surface area (Å²) in [5.74, 6) is 0. The molecule has 0 saturated carbocycles. The van der Waals surface area contributed by atoms with Crippen molar-refractivity contribution < 1.29 is 223 Å². The first-order valence-electron chi connectivity index (χ1n) is 5.33. The number of aryl methyl sites for hydroxylation is 2. The van der Waals surface area contributed by atoms with E-state index in [0.29, 0.717) is 0 Å². The van der Waals surface area contributed by atoms with Gasteiger partial charge in [-0.05, 0) is 0 Å². The maximum atomic E-state index is 4.31. The van der Waals surface area contributed by atoms with E-state index in [2.05, 4.69) is 48.0 Å². The number of anilines is 1. The van der Waals surface area contributed by atoms with Crippen LogP contribution >= 0.6 is 0 Å². The summed E-state index contributed by atoms with van der Waals surface area (Å²) < 4.78 is 4.31. The maximum Gasteiger partial charge on any atom is 0 e. The van der Waals surface area contributed by atoms with Gasteiger partial charge in [-0.15, -0.1) is 0 Å². The second-order valence-corrected chi connectivity index (χ2v) is 4.14. The molecule has 0 aliphatic carbocycles. The minimum absolute atomic E-state index is 0. The van der Waals surface area contributed by atoms with Gasteiger partial charge in [0.25, 0.3) is 0 Å². The van der Waals surface area contributed by atoms with Crippen LogP contribution in [0.2, 0.25) is 0 Å². The molecule has 36 N–H and O–H groups in total. The molecule has 0 bridgehead atoms. The Bertz CT molecular complexity index is 416. The summed E-state index contributed by atoms with van der Waals surface area (Å²) in [5.41, 5.74) is 4.98. The van der Waals surface area contributed by atoms with Gasteiger partial charge in [-0.25, -0.2) is 0 Å². The third kappa shape index (κ3) is 66.4. The van der Waals surface area contributed by atoms with Crippen LogP contribution in [0.25, 0.3) is 3.31 Å². The predicted octanol–water partition coefficient (Wildman–Crippen LogP) is -11.2. The summed E-state index contributed by atoms with van der Waals surface area (Å²) in [6.45, 7) is 10.7. The quantitative estimate of drug-likeness (QED) is 0.262. The van der Waals surface area contributed by atoms with E-state index in [1.807, 2.05) is 0 Å². The molecule has 0 heterocycles. The third-order valence-corrected chi connectivity index (χ3v) is 3.14. The minimum Gasteiger partial charge on any atom is -0.412 e. The van der Waals surface area contributed by atoms with Crippen molar-refractivity contribution in [1.29, 1.82) is 0 Å². The normalized spacial score (nSPS) is 3.87. The molecule has 0 amide bonds. The molecule has 26 heteroatoms. The molecule has 0 aliphatic rings. The smallest absolute Gasteiger partial charge is 0 e. The van der Waals surface area contributed by atoms with E-state index in [9.17, 15) is 0 Å². The fourth-order valence-corrected chi connectivity index (χ4v) is 2.56. The van der Waals surface area contributed by atoms with Crippen molar-refractivity contribution in [2.24, 2.45) is 0 Å². The van der Waals surface area contributed by atoms with Gasteiger partial charge in [-0.2, -0.15) is 0 Å². The number of benzene rings is 1. The SMILES string of the molecule is CCN(CC)c1cc(C)c([N+]#[Mo])c(C)c1.O.O.O.O.O.O.O.O.O.O.O.O.O.O.O.O.O.O.[Mo].[Mo].[Mo].[Mo].[Mo]. The van der Waals surface area contributed by atoms with E-state index in [4.69, 9.17) is 0 Å². The van der Waals surface area contributed by atoms with Gasteiger partial charge < -0.3 is 98.6 Å². The Balaban J connectivity index is -0.00000000466. The molecule has 0 aliphatic heterocycles. The zero-order chi connectivity index (χ0) is 11.4. The fraction of sp³-hybridized carbons (Fsp3) is 0.500. The Hall–Kier alpha value is 2.14. The number of hydrogen-bond acceptors (Lipinski definition) is 1. The van der Waals surface area contributed by atoms with Gasteiger partial charge >= 0.3 is 103 Å². The summed E-state index contributed by atoms with van der Waals surface area (Å²) in [4.78, 5) is 2.36.